The minimum absolute atomic E-state index is 0.192. The van der Waals surface area contributed by atoms with Gasteiger partial charge in [-0.1, -0.05) is 13.0 Å². The SMILES string of the molecule is CC(=O)N[C@H]1[C@H](O[C@@H]2CC[C@H]3[C@@H]4CCc5cc(O[C@@H]6O[C@H](C(=O)O)[C@@H](O)[C@H](O)[C@H]6O)ccc5[C@H]4CC[C@]23C)O[C@H](CO)[C@@H](O)[C@@H]1O. The lowest BCUT2D eigenvalue weighted by molar-refractivity contribution is -0.291. The van der Waals surface area contributed by atoms with E-state index in [4.69, 9.17) is 18.9 Å². The van der Waals surface area contributed by atoms with Crippen LogP contribution in [0.15, 0.2) is 18.2 Å². The molecule has 0 bridgehead atoms. The predicted octanol–water partition coefficient (Wildman–Crippen LogP) is -0.857. The van der Waals surface area contributed by atoms with Crippen molar-refractivity contribution in [3.05, 3.63) is 29.3 Å². The average molecular weight is 652 g/mol. The molecule has 1 aromatic rings. The fourth-order valence-corrected chi connectivity index (χ4v) is 8.84. The lowest BCUT2D eigenvalue weighted by atomic mass is 9.55. The number of aliphatic carboxylic acids is 1. The third-order valence-corrected chi connectivity index (χ3v) is 11.2. The first-order valence-corrected chi connectivity index (χ1v) is 16.1. The third-order valence-electron chi connectivity index (χ3n) is 11.2. The van der Waals surface area contributed by atoms with Crippen molar-refractivity contribution in [3.63, 3.8) is 0 Å². The maximum absolute atomic E-state index is 11.9. The highest BCUT2D eigenvalue weighted by molar-refractivity contribution is 5.73. The summed E-state index contributed by atoms with van der Waals surface area (Å²) >= 11 is 0. The van der Waals surface area contributed by atoms with Crippen molar-refractivity contribution in [1.29, 1.82) is 0 Å². The van der Waals surface area contributed by atoms with E-state index >= 15 is 0 Å². The summed E-state index contributed by atoms with van der Waals surface area (Å²) in [4.78, 5) is 23.4. The molecular weight excluding hydrogens is 606 g/mol. The van der Waals surface area contributed by atoms with Crippen molar-refractivity contribution < 1.29 is 64.3 Å². The fourth-order valence-electron chi connectivity index (χ4n) is 8.84. The largest absolute Gasteiger partial charge is 0.479 e. The number of carbonyl (C=O) groups is 2. The van der Waals surface area contributed by atoms with Gasteiger partial charge in [-0.3, -0.25) is 4.79 Å². The monoisotopic (exact) mass is 651 g/mol. The molecule has 2 saturated heterocycles. The van der Waals surface area contributed by atoms with Crippen LogP contribution in [-0.4, -0.2) is 122 Å². The van der Waals surface area contributed by atoms with Gasteiger partial charge in [0.25, 0.3) is 0 Å². The molecule has 0 aromatic heterocycles. The van der Waals surface area contributed by atoms with Crippen molar-refractivity contribution >= 4 is 11.9 Å². The number of carboxylic acids is 1. The van der Waals surface area contributed by atoms with Gasteiger partial charge in [-0.05, 0) is 85.0 Å². The summed E-state index contributed by atoms with van der Waals surface area (Å²) in [5, 5.41) is 73.4. The zero-order valence-electron chi connectivity index (χ0n) is 25.8. The Hall–Kier alpha value is -2.40. The van der Waals surface area contributed by atoms with Crippen LogP contribution in [-0.2, 0) is 30.2 Å². The molecule has 14 nitrogen and oxygen atoms in total. The zero-order chi connectivity index (χ0) is 33.1. The van der Waals surface area contributed by atoms with E-state index in [-0.39, 0.29) is 11.5 Å². The number of hydrogen-bond donors (Lipinski definition) is 8. The Morgan fingerprint density at radius 3 is 2.41 bits per heavy atom. The van der Waals surface area contributed by atoms with Crippen molar-refractivity contribution in [3.8, 4) is 5.75 Å². The lowest BCUT2D eigenvalue weighted by Crippen LogP contribution is -2.65. The summed E-state index contributed by atoms with van der Waals surface area (Å²) < 4.78 is 23.5. The average Bonchev–Trinajstić information content (AvgIpc) is 3.36. The molecule has 8 N–H and O–H groups in total. The third kappa shape index (κ3) is 5.81. The number of fused-ring (bicyclic) bond motifs is 5. The molecule has 46 heavy (non-hydrogen) atoms. The molecule has 256 valence electrons. The second-order valence-corrected chi connectivity index (χ2v) is 13.8. The molecular formula is C32H45NO13. The number of benzene rings is 1. The molecule has 2 heterocycles. The first-order chi connectivity index (χ1) is 21.8. The molecule has 3 aliphatic carbocycles. The maximum atomic E-state index is 11.9. The topological polar surface area (TPSA) is 225 Å². The summed E-state index contributed by atoms with van der Waals surface area (Å²) in [5.74, 6) is -0.480. The zero-order valence-corrected chi connectivity index (χ0v) is 25.8. The number of aliphatic hydroxyl groups excluding tert-OH is 6. The minimum Gasteiger partial charge on any atom is -0.479 e. The van der Waals surface area contributed by atoms with Crippen molar-refractivity contribution in [2.24, 2.45) is 17.3 Å². The van der Waals surface area contributed by atoms with Crippen LogP contribution in [0.25, 0.3) is 0 Å². The molecule has 14 heteroatoms. The van der Waals surface area contributed by atoms with Gasteiger partial charge in [-0.2, -0.15) is 0 Å². The molecule has 5 aliphatic rings. The van der Waals surface area contributed by atoms with Gasteiger partial charge >= 0.3 is 5.97 Å². The molecule has 15 atom stereocenters. The highest BCUT2D eigenvalue weighted by atomic mass is 16.7. The summed E-state index contributed by atoms with van der Waals surface area (Å²) in [6.07, 6.45) is -8.28. The number of amides is 1. The summed E-state index contributed by atoms with van der Waals surface area (Å²) in [6, 6.07) is 4.62. The number of rotatable bonds is 7. The van der Waals surface area contributed by atoms with E-state index in [0.717, 1.165) is 44.1 Å². The Kier molecular flexibility index (Phi) is 9.39. The summed E-state index contributed by atoms with van der Waals surface area (Å²) in [7, 11) is 0. The maximum Gasteiger partial charge on any atom is 0.335 e. The smallest absolute Gasteiger partial charge is 0.335 e. The van der Waals surface area contributed by atoms with E-state index in [1.807, 2.05) is 12.1 Å². The lowest BCUT2D eigenvalue weighted by Gasteiger charge is -2.51. The standard InChI is InChI=1S/C32H45NO13/c1-13(35)33-22-24(37)23(36)20(12-34)44-30(22)45-21-8-7-19-18-5-3-14-11-15(4-6-16(14)17(18)9-10-32(19,21)2)43-31-27(40)25(38)26(39)28(46-31)29(41)42/h4,6,11,17-28,30-31,34,36-40H,3,5,7-10,12H2,1-2H3,(H,33,35)(H,41,42)/t17-,18-,19+,20-,21-,22-,23-,24-,25+,26+,27-,28+,30+,31-,32+/m1/s1. The number of aryl methyl sites for hydroxylation is 1. The van der Waals surface area contributed by atoms with E-state index in [9.17, 15) is 45.3 Å². The normalized spacial score (nSPS) is 45.2. The molecule has 1 aromatic carbocycles. The van der Waals surface area contributed by atoms with Crippen molar-refractivity contribution in [2.45, 2.75) is 126 Å². The Labute approximate surface area is 266 Å². The van der Waals surface area contributed by atoms with Crippen LogP contribution in [0.5, 0.6) is 5.75 Å². The van der Waals surface area contributed by atoms with Crippen LogP contribution >= 0.6 is 0 Å². The Bertz CT molecular complexity index is 1300. The van der Waals surface area contributed by atoms with Crippen LogP contribution in [0.3, 0.4) is 0 Å². The minimum atomic E-state index is -1.80. The van der Waals surface area contributed by atoms with Gasteiger partial charge in [0.05, 0.1) is 12.7 Å². The Balaban J connectivity index is 1.15. The molecule has 2 saturated carbocycles. The van der Waals surface area contributed by atoms with Gasteiger partial charge in [-0.15, -0.1) is 0 Å². The second kappa shape index (κ2) is 12.9. The van der Waals surface area contributed by atoms with E-state index in [1.165, 1.54) is 12.5 Å². The van der Waals surface area contributed by atoms with Crippen molar-refractivity contribution in [2.75, 3.05) is 6.61 Å². The van der Waals surface area contributed by atoms with Crippen LogP contribution < -0.4 is 10.1 Å². The first-order valence-electron chi connectivity index (χ1n) is 16.1. The number of ether oxygens (including phenoxy) is 4. The predicted molar refractivity (Wildman–Crippen MR) is 156 cm³/mol. The Morgan fingerprint density at radius 1 is 0.957 bits per heavy atom. The van der Waals surface area contributed by atoms with Crippen molar-refractivity contribution in [1.82, 2.24) is 5.32 Å². The van der Waals surface area contributed by atoms with Gasteiger partial charge in [0.1, 0.15) is 48.4 Å². The molecule has 0 unspecified atom stereocenters. The van der Waals surface area contributed by atoms with E-state index in [2.05, 4.69) is 12.2 Å². The first kappa shape index (κ1) is 33.5. The number of hydrogen-bond acceptors (Lipinski definition) is 12. The van der Waals surface area contributed by atoms with Gasteiger partial charge in [0.15, 0.2) is 12.4 Å². The summed E-state index contributed by atoms with van der Waals surface area (Å²) in [6.45, 7) is 3.04. The second-order valence-electron chi connectivity index (χ2n) is 13.8. The molecule has 0 radical (unpaired) electrons. The Morgan fingerprint density at radius 2 is 1.72 bits per heavy atom. The van der Waals surface area contributed by atoms with E-state index in [0.29, 0.717) is 23.5 Å². The number of nitrogens with one attached hydrogen (secondary N) is 1. The van der Waals surface area contributed by atoms with Gasteiger partial charge < -0.3 is 60.0 Å². The van der Waals surface area contributed by atoms with Crippen LogP contribution in [0, 0.1) is 17.3 Å². The van der Waals surface area contributed by atoms with E-state index < -0.39 is 79.8 Å². The summed E-state index contributed by atoms with van der Waals surface area (Å²) in [5.41, 5.74) is 2.11. The molecule has 6 rings (SSSR count). The van der Waals surface area contributed by atoms with Gasteiger partial charge in [0, 0.05) is 6.92 Å². The molecule has 0 spiro atoms. The van der Waals surface area contributed by atoms with Gasteiger partial charge in [-0.25, -0.2) is 4.79 Å². The van der Waals surface area contributed by atoms with Crippen LogP contribution in [0.1, 0.15) is 63.0 Å². The van der Waals surface area contributed by atoms with Gasteiger partial charge in [0.2, 0.25) is 12.2 Å². The number of carboxylic acid groups (broad SMARTS) is 1. The quantitative estimate of drug-likeness (QED) is 0.180. The molecule has 1 amide bonds. The molecule has 2 aliphatic heterocycles. The fraction of sp³-hybridized carbons (Fsp3) is 0.750. The van der Waals surface area contributed by atoms with Crippen LogP contribution in [0.4, 0.5) is 0 Å². The highest BCUT2D eigenvalue weighted by Crippen LogP contribution is 2.62. The molecule has 4 fully saturated rings. The van der Waals surface area contributed by atoms with Crippen LogP contribution in [0.2, 0.25) is 0 Å². The highest BCUT2D eigenvalue weighted by Gasteiger charge is 2.57. The van der Waals surface area contributed by atoms with E-state index in [1.54, 1.807) is 6.07 Å². The number of carbonyl (C=O) groups excluding carboxylic acids is 1. The number of aliphatic hydroxyl groups is 6.